The van der Waals surface area contributed by atoms with Gasteiger partial charge in [0.2, 0.25) is 0 Å². The van der Waals surface area contributed by atoms with Gasteiger partial charge in [-0.3, -0.25) is 0 Å². The molecule has 50 heavy (non-hydrogen) atoms. The third-order valence-corrected chi connectivity index (χ3v) is 12.3. The maximum atomic E-state index is 11.4. The van der Waals surface area contributed by atoms with Crippen LogP contribution in [0.3, 0.4) is 0 Å². The first kappa shape index (κ1) is 44.7. The Kier molecular flexibility index (Phi) is 16.1. The molecule has 5 nitrogen and oxygen atoms in total. The molecule has 2 aromatic rings. The average Bonchev–Trinajstić information content (AvgIpc) is 3.00. The van der Waals surface area contributed by atoms with E-state index in [9.17, 15) is 43.2 Å². The summed E-state index contributed by atoms with van der Waals surface area (Å²) < 4.78 is 109. The van der Waals surface area contributed by atoms with E-state index in [-0.39, 0.29) is 22.4 Å². The van der Waals surface area contributed by atoms with Gasteiger partial charge >= 0.3 is 11.0 Å². The van der Waals surface area contributed by atoms with Gasteiger partial charge < -0.3 is 4.13 Å². The Morgan fingerprint density at radius 2 is 1.02 bits per heavy atom. The van der Waals surface area contributed by atoms with E-state index in [0.29, 0.717) is 17.8 Å². The van der Waals surface area contributed by atoms with E-state index in [4.69, 9.17) is 0 Å². The zero-order valence-electron chi connectivity index (χ0n) is 29.4. The third kappa shape index (κ3) is 11.0. The molecule has 2 saturated carbocycles. The first-order valence-electron chi connectivity index (χ1n) is 17.1. The molecule has 1 radical (unpaired) electrons. The molecule has 0 amide bonds. The van der Waals surface area contributed by atoms with E-state index in [1.807, 2.05) is 5.92 Å². The van der Waals surface area contributed by atoms with E-state index in [1.54, 1.807) is 22.3 Å². The minimum Gasteiger partial charge on any atom is -0.421 e. The van der Waals surface area contributed by atoms with Gasteiger partial charge in [-0.2, -0.15) is 43.9 Å². The van der Waals surface area contributed by atoms with E-state index in [0.717, 1.165) is 16.0 Å². The van der Waals surface area contributed by atoms with Crippen molar-refractivity contribution in [1.29, 1.82) is 0 Å². The summed E-state index contributed by atoms with van der Waals surface area (Å²) in [6.45, 7) is 14.3. The molecule has 0 atom stereocenters. The van der Waals surface area contributed by atoms with Crippen molar-refractivity contribution in [3.63, 3.8) is 0 Å². The quantitative estimate of drug-likeness (QED) is 0.142. The first-order valence-corrected chi connectivity index (χ1v) is 20.0. The van der Waals surface area contributed by atoms with Gasteiger partial charge in [0, 0.05) is 22.4 Å². The van der Waals surface area contributed by atoms with Crippen LogP contribution in [-0.4, -0.2) is 27.9 Å². The number of rotatable bonds is 9. The summed E-state index contributed by atoms with van der Waals surface area (Å²) in [7, 11) is -13.4. The van der Waals surface area contributed by atoms with Crippen LogP contribution in [0.1, 0.15) is 146 Å². The van der Waals surface area contributed by atoms with Crippen LogP contribution in [0.15, 0.2) is 36.4 Å². The Hall–Kier alpha value is -1.51. The molecule has 2 fully saturated rings. The summed E-state index contributed by atoms with van der Waals surface area (Å²) >= 11 is 0. The fraction of sp³-hybridized carbons (Fsp3) is 0.639. The Labute approximate surface area is 310 Å². The normalized spacial score (nSPS) is 17.0. The molecular formula is C36H49AuF6NO4S2-2. The summed E-state index contributed by atoms with van der Waals surface area (Å²) in [6, 6.07) is 14.6. The molecule has 2 aliphatic rings. The fourth-order valence-corrected chi connectivity index (χ4v) is 8.74. The van der Waals surface area contributed by atoms with Gasteiger partial charge in [0.25, 0.3) is 0 Å². The molecule has 0 saturated heterocycles. The number of sulfonamides is 2. The van der Waals surface area contributed by atoms with Crippen LogP contribution >= 0.6 is 0 Å². The Morgan fingerprint density at radius 3 is 1.36 bits per heavy atom. The van der Waals surface area contributed by atoms with Gasteiger partial charge in [0.15, 0.2) is 20.0 Å². The number of nitrogens with zero attached hydrogens (tertiary/aromatic N) is 1. The Balaban J connectivity index is 0.000000461. The average molecular weight is 935 g/mol. The van der Waals surface area contributed by atoms with E-state index in [2.05, 4.69) is 77.9 Å². The van der Waals surface area contributed by atoms with Crippen LogP contribution < -0.4 is 0 Å². The van der Waals surface area contributed by atoms with Crippen LogP contribution in [0.4, 0.5) is 26.3 Å². The van der Waals surface area contributed by atoms with Gasteiger partial charge in [0.05, 0.1) is 0 Å². The number of alkyl halides is 6. The molecule has 0 spiro atoms. The second-order valence-corrected chi connectivity index (χ2v) is 17.5. The molecule has 0 unspecified atom stereocenters. The van der Waals surface area contributed by atoms with Crippen molar-refractivity contribution in [1.82, 2.24) is 0 Å². The van der Waals surface area contributed by atoms with Crippen molar-refractivity contribution in [2.75, 3.05) is 0 Å². The van der Waals surface area contributed by atoms with Crippen molar-refractivity contribution in [3.05, 3.63) is 68.7 Å². The second kappa shape index (κ2) is 18.0. The molecule has 4 rings (SSSR count). The summed E-state index contributed by atoms with van der Waals surface area (Å²) in [5, 5.41) is 0. The van der Waals surface area contributed by atoms with Crippen LogP contribution in [-0.2, 0) is 42.4 Å². The zero-order valence-corrected chi connectivity index (χ0v) is 33.2. The fourth-order valence-electron chi connectivity index (χ4n) is 7.03. The van der Waals surface area contributed by atoms with Gasteiger partial charge in [-0.15, -0.1) is 17.7 Å². The second-order valence-electron chi connectivity index (χ2n) is 14.1. The standard InChI is InChI=1S/C34H49.C2F6NO4S2.Au/c1-23(2)28-21-31(24(3)4)34(32(22-28)25(5)6)30-20-14-13-19-29(30)33(26-15-9-7-10-16-26)27-17-11-8-12-18-27;3-1(4,5)14(10,11)9-15(12,13)2(6,7)8;/h13-14,19-27H,7-12,15-18H2,1-6H3;;/q2*-1;. The monoisotopic (exact) mass is 934 g/mol. The van der Waals surface area contributed by atoms with Crippen molar-refractivity contribution < 1.29 is 65.6 Å². The van der Waals surface area contributed by atoms with Gasteiger partial charge in [0.1, 0.15) is 0 Å². The Bertz CT molecular complexity index is 1520. The molecule has 14 heteroatoms. The summed E-state index contributed by atoms with van der Waals surface area (Å²) in [6.07, 6.45) is 14.1. The topological polar surface area (TPSA) is 82.4 Å². The molecule has 0 aliphatic heterocycles. The predicted molar refractivity (Wildman–Crippen MR) is 183 cm³/mol. The van der Waals surface area contributed by atoms with E-state index < -0.39 is 31.1 Å². The van der Waals surface area contributed by atoms with Gasteiger partial charge in [-0.1, -0.05) is 141 Å². The van der Waals surface area contributed by atoms with E-state index in [1.165, 1.54) is 75.3 Å². The van der Waals surface area contributed by atoms with E-state index >= 15 is 0 Å². The molecule has 0 aromatic heterocycles. The van der Waals surface area contributed by atoms with Crippen molar-refractivity contribution >= 4 is 20.0 Å². The Morgan fingerprint density at radius 1 is 0.640 bits per heavy atom. The minimum atomic E-state index is -6.72. The van der Waals surface area contributed by atoms with Crippen LogP contribution in [0.25, 0.3) is 15.3 Å². The molecule has 0 heterocycles. The number of hydrogen-bond acceptors (Lipinski definition) is 4. The summed E-state index contributed by atoms with van der Waals surface area (Å²) in [5.74, 6) is 5.02. The maximum Gasteiger partial charge on any atom is 0.480 e. The van der Waals surface area contributed by atoms with Crippen molar-refractivity contribution in [2.45, 2.75) is 135 Å². The number of benzene rings is 2. The molecular weight excluding hydrogens is 885 g/mol. The van der Waals surface area contributed by atoms with Gasteiger partial charge in [-0.05, 0) is 34.4 Å². The van der Waals surface area contributed by atoms with Crippen LogP contribution in [0, 0.1) is 17.8 Å². The number of hydrogen-bond donors (Lipinski definition) is 0. The molecule has 2 aromatic carbocycles. The summed E-state index contributed by atoms with van der Waals surface area (Å²) in [4.78, 5) is 0. The third-order valence-electron chi connectivity index (χ3n) is 9.51. The smallest absolute Gasteiger partial charge is 0.421 e. The SMILES string of the molecule is CC(C)c1cc(C(C)C)c(-c2ccccc2[C-](C2CCCCC2)C2CCCCC2)c(C(C)C)c1.O=S(=O)([N-]S(=O)(=O)C(F)(F)F)C(F)(F)F.[Au]. The molecule has 0 bridgehead atoms. The number of halogens is 6. The van der Waals surface area contributed by atoms with Crippen molar-refractivity contribution in [2.24, 2.45) is 11.8 Å². The molecule has 0 N–H and O–H groups in total. The minimum absolute atomic E-state index is 0. The maximum absolute atomic E-state index is 11.4. The van der Waals surface area contributed by atoms with Gasteiger partial charge in [-0.25, -0.2) is 16.8 Å². The van der Waals surface area contributed by atoms with Crippen LogP contribution in [0.5, 0.6) is 0 Å². The molecule has 289 valence electrons. The largest absolute Gasteiger partial charge is 0.480 e. The molecule has 2 aliphatic carbocycles. The van der Waals surface area contributed by atoms with Crippen molar-refractivity contribution in [3.8, 4) is 11.1 Å². The predicted octanol–water partition coefficient (Wildman–Crippen LogP) is 11.9. The zero-order chi connectivity index (χ0) is 36.9. The van der Waals surface area contributed by atoms with Crippen LogP contribution in [0.2, 0.25) is 0 Å². The first-order chi connectivity index (χ1) is 22.6. The summed E-state index contributed by atoms with van der Waals surface area (Å²) in [5.41, 5.74) is -3.13.